The second kappa shape index (κ2) is 3.82. The molecule has 0 bridgehead atoms. The minimum atomic E-state index is -0.122. The Morgan fingerprint density at radius 3 is 2.57 bits per heavy atom. The van der Waals surface area contributed by atoms with Gasteiger partial charge in [0.15, 0.2) is 0 Å². The number of hydrogen-bond donors (Lipinski definition) is 2. The van der Waals surface area contributed by atoms with Crippen LogP contribution >= 0.6 is 0 Å². The maximum absolute atomic E-state index is 10.4. The molecule has 0 aromatic carbocycles. The normalized spacial score (nSPS) is 40.9. The summed E-state index contributed by atoms with van der Waals surface area (Å²) in [5, 5.41) is 10.4. The van der Waals surface area contributed by atoms with Crippen LogP contribution in [0.1, 0.15) is 45.4 Å². The Morgan fingerprint density at radius 2 is 2.07 bits per heavy atom. The standard InChI is InChI=1S/C12H23NO/c1-9-4-2-3-7-12(9,8-13)11(14)10-5-6-10/h9-11,14H,2-8,13H2,1H3. The SMILES string of the molecule is CC1CCCCC1(CN)C(O)C1CC1. The number of aliphatic hydroxyl groups is 1. The molecule has 3 atom stereocenters. The fraction of sp³-hybridized carbons (Fsp3) is 1.00. The van der Waals surface area contributed by atoms with Crippen LogP contribution in [0.5, 0.6) is 0 Å². The lowest BCUT2D eigenvalue weighted by Crippen LogP contribution is -2.49. The van der Waals surface area contributed by atoms with Crippen LogP contribution in [0.3, 0.4) is 0 Å². The highest BCUT2D eigenvalue weighted by Crippen LogP contribution is 2.49. The van der Waals surface area contributed by atoms with Gasteiger partial charge in [-0.1, -0.05) is 26.2 Å². The van der Waals surface area contributed by atoms with E-state index in [2.05, 4.69) is 6.92 Å². The van der Waals surface area contributed by atoms with Gasteiger partial charge in [0.05, 0.1) is 6.10 Å². The van der Waals surface area contributed by atoms with Gasteiger partial charge in [0, 0.05) is 12.0 Å². The van der Waals surface area contributed by atoms with Crippen LogP contribution < -0.4 is 5.73 Å². The molecule has 0 saturated heterocycles. The van der Waals surface area contributed by atoms with Crippen molar-refractivity contribution in [1.82, 2.24) is 0 Å². The second-order valence-electron chi connectivity index (χ2n) is 5.37. The molecule has 0 radical (unpaired) electrons. The summed E-state index contributed by atoms with van der Waals surface area (Å²) in [5.74, 6) is 1.18. The predicted molar refractivity (Wildman–Crippen MR) is 57.9 cm³/mol. The van der Waals surface area contributed by atoms with Gasteiger partial charge in [0.25, 0.3) is 0 Å². The zero-order valence-corrected chi connectivity index (χ0v) is 9.21. The van der Waals surface area contributed by atoms with Crippen LogP contribution in [-0.4, -0.2) is 17.8 Å². The number of aliphatic hydroxyl groups excluding tert-OH is 1. The first-order valence-electron chi connectivity index (χ1n) is 6.09. The molecule has 82 valence electrons. The van der Waals surface area contributed by atoms with Crippen molar-refractivity contribution < 1.29 is 5.11 Å². The highest BCUT2D eigenvalue weighted by atomic mass is 16.3. The van der Waals surface area contributed by atoms with Gasteiger partial charge in [0.2, 0.25) is 0 Å². The molecule has 2 aliphatic rings. The van der Waals surface area contributed by atoms with Crippen molar-refractivity contribution in [3.05, 3.63) is 0 Å². The molecule has 0 spiro atoms. The summed E-state index contributed by atoms with van der Waals surface area (Å²) in [4.78, 5) is 0. The van der Waals surface area contributed by atoms with Crippen molar-refractivity contribution in [1.29, 1.82) is 0 Å². The third-order valence-electron chi connectivity index (χ3n) is 4.55. The molecule has 0 aliphatic heterocycles. The van der Waals surface area contributed by atoms with Crippen molar-refractivity contribution in [2.45, 2.75) is 51.6 Å². The summed E-state index contributed by atoms with van der Waals surface area (Å²) in [7, 11) is 0. The molecular weight excluding hydrogens is 174 g/mol. The molecule has 2 saturated carbocycles. The van der Waals surface area contributed by atoms with Crippen LogP contribution in [0.25, 0.3) is 0 Å². The third-order valence-corrected chi connectivity index (χ3v) is 4.55. The van der Waals surface area contributed by atoms with Crippen molar-refractivity contribution in [2.75, 3.05) is 6.54 Å². The number of rotatable bonds is 3. The summed E-state index contributed by atoms with van der Waals surface area (Å²) in [6.45, 7) is 2.95. The largest absolute Gasteiger partial charge is 0.392 e. The molecule has 0 aromatic rings. The van der Waals surface area contributed by atoms with Gasteiger partial charge in [-0.3, -0.25) is 0 Å². The van der Waals surface area contributed by atoms with Gasteiger partial charge >= 0.3 is 0 Å². The van der Waals surface area contributed by atoms with Gasteiger partial charge in [-0.05, 0) is 31.1 Å². The second-order valence-corrected chi connectivity index (χ2v) is 5.37. The van der Waals surface area contributed by atoms with Crippen LogP contribution in [0.4, 0.5) is 0 Å². The Bertz CT molecular complexity index is 202. The summed E-state index contributed by atoms with van der Waals surface area (Å²) in [6, 6.07) is 0. The lowest BCUT2D eigenvalue weighted by atomic mass is 9.63. The molecule has 2 aliphatic carbocycles. The summed E-state index contributed by atoms with van der Waals surface area (Å²) >= 11 is 0. The van der Waals surface area contributed by atoms with E-state index in [1.807, 2.05) is 0 Å². The zero-order chi connectivity index (χ0) is 10.2. The molecule has 3 unspecified atom stereocenters. The molecule has 2 nitrogen and oxygen atoms in total. The molecule has 14 heavy (non-hydrogen) atoms. The fourth-order valence-electron chi connectivity index (χ4n) is 3.18. The van der Waals surface area contributed by atoms with Gasteiger partial charge < -0.3 is 10.8 Å². The van der Waals surface area contributed by atoms with Gasteiger partial charge in [-0.25, -0.2) is 0 Å². The molecule has 0 heterocycles. The Kier molecular flexibility index (Phi) is 2.85. The predicted octanol–water partition coefficient (Wildman–Crippen LogP) is 1.91. The van der Waals surface area contributed by atoms with E-state index in [0.29, 0.717) is 18.4 Å². The van der Waals surface area contributed by atoms with E-state index in [4.69, 9.17) is 5.73 Å². The lowest BCUT2D eigenvalue weighted by molar-refractivity contribution is -0.0468. The van der Waals surface area contributed by atoms with Crippen LogP contribution in [0.15, 0.2) is 0 Å². The third kappa shape index (κ3) is 1.59. The van der Waals surface area contributed by atoms with E-state index >= 15 is 0 Å². The molecule has 3 N–H and O–H groups in total. The highest BCUT2D eigenvalue weighted by molar-refractivity contribution is 4.99. The average molecular weight is 197 g/mol. The highest BCUT2D eigenvalue weighted by Gasteiger charge is 2.48. The van der Waals surface area contributed by atoms with E-state index in [1.54, 1.807) is 0 Å². The molecule has 2 rings (SSSR count). The van der Waals surface area contributed by atoms with E-state index in [-0.39, 0.29) is 11.5 Å². The summed E-state index contributed by atoms with van der Waals surface area (Å²) in [5.41, 5.74) is 5.99. The minimum absolute atomic E-state index is 0.0550. The zero-order valence-electron chi connectivity index (χ0n) is 9.21. The van der Waals surface area contributed by atoms with E-state index < -0.39 is 0 Å². The van der Waals surface area contributed by atoms with Crippen molar-refractivity contribution in [3.8, 4) is 0 Å². The molecule has 0 aromatic heterocycles. The first kappa shape index (κ1) is 10.4. The van der Waals surface area contributed by atoms with Crippen molar-refractivity contribution >= 4 is 0 Å². The monoisotopic (exact) mass is 197 g/mol. The first-order valence-corrected chi connectivity index (χ1v) is 6.09. The van der Waals surface area contributed by atoms with E-state index in [0.717, 1.165) is 6.42 Å². The van der Waals surface area contributed by atoms with E-state index in [1.165, 1.54) is 32.1 Å². The van der Waals surface area contributed by atoms with Crippen molar-refractivity contribution in [2.24, 2.45) is 23.0 Å². The Hall–Kier alpha value is -0.0800. The first-order chi connectivity index (χ1) is 6.70. The lowest BCUT2D eigenvalue weighted by Gasteiger charge is -2.45. The minimum Gasteiger partial charge on any atom is -0.392 e. The number of nitrogens with two attached hydrogens (primary N) is 1. The molecule has 2 fully saturated rings. The summed E-state index contributed by atoms with van der Waals surface area (Å²) in [6.07, 6.45) is 7.28. The smallest absolute Gasteiger partial charge is 0.0639 e. The maximum Gasteiger partial charge on any atom is 0.0639 e. The Labute approximate surface area is 86.9 Å². The van der Waals surface area contributed by atoms with Gasteiger partial charge in [-0.15, -0.1) is 0 Å². The van der Waals surface area contributed by atoms with Crippen LogP contribution in [0.2, 0.25) is 0 Å². The quantitative estimate of drug-likeness (QED) is 0.726. The Balaban J connectivity index is 2.12. The van der Waals surface area contributed by atoms with Crippen LogP contribution in [-0.2, 0) is 0 Å². The van der Waals surface area contributed by atoms with Gasteiger partial charge in [-0.2, -0.15) is 0 Å². The van der Waals surface area contributed by atoms with Crippen LogP contribution in [0, 0.1) is 17.3 Å². The average Bonchev–Trinajstić information content (AvgIpc) is 3.01. The van der Waals surface area contributed by atoms with Crippen molar-refractivity contribution in [3.63, 3.8) is 0 Å². The van der Waals surface area contributed by atoms with E-state index in [9.17, 15) is 5.11 Å². The fourth-order valence-corrected chi connectivity index (χ4v) is 3.18. The summed E-state index contributed by atoms with van der Waals surface area (Å²) < 4.78 is 0. The Morgan fingerprint density at radius 1 is 1.36 bits per heavy atom. The molecular formula is C12H23NO. The topological polar surface area (TPSA) is 46.2 Å². The van der Waals surface area contributed by atoms with Gasteiger partial charge in [0.1, 0.15) is 0 Å². The molecule has 2 heteroatoms. The maximum atomic E-state index is 10.4. The molecule has 0 amide bonds. The number of hydrogen-bond acceptors (Lipinski definition) is 2.